The largest absolute Gasteiger partial charge is 0.493 e. The molecular formula is C25H27ClN2O6S. The maximum absolute atomic E-state index is 13.6. The van der Waals surface area contributed by atoms with Crippen LogP contribution in [0.4, 0.5) is 5.69 Å². The Hall–Kier alpha value is -3.43. The number of aryl methyl sites for hydroxylation is 1. The number of hydrogen-bond acceptors (Lipinski definition) is 6. The van der Waals surface area contributed by atoms with Crippen LogP contribution in [0.15, 0.2) is 71.6 Å². The van der Waals surface area contributed by atoms with Crippen molar-refractivity contribution in [1.29, 1.82) is 0 Å². The van der Waals surface area contributed by atoms with Crippen molar-refractivity contribution in [3.63, 3.8) is 0 Å². The van der Waals surface area contributed by atoms with E-state index in [1.807, 2.05) is 6.92 Å². The Morgan fingerprint density at radius 3 is 2.29 bits per heavy atom. The molecule has 0 saturated heterocycles. The van der Waals surface area contributed by atoms with E-state index in [0.717, 1.165) is 9.87 Å². The van der Waals surface area contributed by atoms with Crippen LogP contribution < -0.4 is 23.8 Å². The third-order valence-corrected chi connectivity index (χ3v) is 7.15. The second kappa shape index (κ2) is 11.8. The lowest BCUT2D eigenvalue weighted by molar-refractivity contribution is -0.119. The van der Waals surface area contributed by atoms with E-state index in [4.69, 9.17) is 25.8 Å². The predicted octanol–water partition coefficient (Wildman–Crippen LogP) is 4.06. The van der Waals surface area contributed by atoms with E-state index >= 15 is 0 Å². The zero-order chi connectivity index (χ0) is 25.4. The SMILES string of the molecule is COc1ccc(S(=O)(=O)N(CC(=O)NCCOc2ccccc2Cl)c2ccc(C)cc2)cc1OC. The molecule has 3 aromatic rings. The second-order valence-electron chi connectivity index (χ2n) is 7.49. The summed E-state index contributed by atoms with van der Waals surface area (Å²) in [6.45, 7) is 1.80. The van der Waals surface area contributed by atoms with Gasteiger partial charge in [0.1, 0.15) is 18.9 Å². The first-order valence-corrected chi connectivity index (χ1v) is 12.5. The van der Waals surface area contributed by atoms with Crippen molar-refractivity contribution in [3.05, 3.63) is 77.3 Å². The first kappa shape index (κ1) is 26.2. The van der Waals surface area contributed by atoms with Crippen molar-refractivity contribution in [2.24, 2.45) is 0 Å². The van der Waals surface area contributed by atoms with Gasteiger partial charge in [-0.2, -0.15) is 0 Å². The molecule has 0 aliphatic rings. The molecule has 8 nitrogen and oxygen atoms in total. The van der Waals surface area contributed by atoms with Crippen LogP contribution in [0.5, 0.6) is 17.2 Å². The fourth-order valence-electron chi connectivity index (χ4n) is 3.23. The van der Waals surface area contributed by atoms with Crippen LogP contribution in [0, 0.1) is 6.92 Å². The predicted molar refractivity (Wildman–Crippen MR) is 135 cm³/mol. The van der Waals surface area contributed by atoms with Gasteiger partial charge >= 0.3 is 0 Å². The smallest absolute Gasteiger partial charge is 0.264 e. The van der Waals surface area contributed by atoms with Gasteiger partial charge < -0.3 is 19.5 Å². The highest BCUT2D eigenvalue weighted by Crippen LogP contribution is 2.32. The fourth-order valence-corrected chi connectivity index (χ4v) is 4.86. The Labute approximate surface area is 210 Å². The number of carbonyl (C=O) groups excluding carboxylic acids is 1. The van der Waals surface area contributed by atoms with E-state index in [0.29, 0.717) is 22.2 Å². The van der Waals surface area contributed by atoms with Crippen molar-refractivity contribution >= 4 is 33.2 Å². The van der Waals surface area contributed by atoms with E-state index in [1.54, 1.807) is 48.5 Å². The van der Waals surface area contributed by atoms with E-state index < -0.39 is 22.5 Å². The lowest BCUT2D eigenvalue weighted by Crippen LogP contribution is -2.42. The summed E-state index contributed by atoms with van der Waals surface area (Å²) < 4.78 is 44.2. The number of amides is 1. The molecule has 0 radical (unpaired) electrons. The fraction of sp³-hybridized carbons (Fsp3) is 0.240. The summed E-state index contributed by atoms with van der Waals surface area (Å²) in [5.41, 5.74) is 1.31. The molecular weight excluding hydrogens is 492 g/mol. The van der Waals surface area contributed by atoms with Crippen molar-refractivity contribution in [2.75, 3.05) is 38.2 Å². The van der Waals surface area contributed by atoms with E-state index in [9.17, 15) is 13.2 Å². The number of rotatable bonds is 11. The average molecular weight is 519 g/mol. The Kier molecular flexibility index (Phi) is 8.84. The molecule has 0 bridgehead atoms. The van der Waals surface area contributed by atoms with Gasteiger partial charge in [-0.05, 0) is 43.3 Å². The highest BCUT2D eigenvalue weighted by molar-refractivity contribution is 7.92. The standard InChI is InChI=1S/C25H27ClN2O6S/c1-18-8-10-19(11-9-18)28(35(30,31)20-12-13-23(32-2)24(16-20)33-3)17-25(29)27-14-15-34-22-7-5-4-6-21(22)26/h4-13,16H,14-15,17H2,1-3H3,(H,27,29). The molecule has 0 saturated carbocycles. The molecule has 3 rings (SSSR count). The van der Waals surface area contributed by atoms with Gasteiger partial charge in [0.25, 0.3) is 10.0 Å². The van der Waals surface area contributed by atoms with Crippen molar-refractivity contribution < 1.29 is 27.4 Å². The first-order chi connectivity index (χ1) is 16.8. The Balaban J connectivity index is 1.78. The molecule has 1 amide bonds. The number of para-hydroxylation sites is 1. The normalized spacial score (nSPS) is 11.0. The lowest BCUT2D eigenvalue weighted by Gasteiger charge is -2.24. The maximum Gasteiger partial charge on any atom is 0.264 e. The van der Waals surface area contributed by atoms with Crippen LogP contribution in [-0.2, 0) is 14.8 Å². The molecule has 1 N–H and O–H groups in total. The van der Waals surface area contributed by atoms with Crippen LogP contribution in [0.1, 0.15) is 5.56 Å². The minimum Gasteiger partial charge on any atom is -0.493 e. The van der Waals surface area contributed by atoms with Gasteiger partial charge in [-0.1, -0.05) is 41.4 Å². The third-order valence-electron chi connectivity index (χ3n) is 5.07. The molecule has 10 heteroatoms. The van der Waals surface area contributed by atoms with Crippen molar-refractivity contribution in [2.45, 2.75) is 11.8 Å². The van der Waals surface area contributed by atoms with Crippen LogP contribution >= 0.6 is 11.6 Å². The van der Waals surface area contributed by atoms with Crippen molar-refractivity contribution in [3.8, 4) is 17.2 Å². The number of halogens is 1. The summed E-state index contributed by atoms with van der Waals surface area (Å²) in [4.78, 5) is 12.7. The molecule has 186 valence electrons. The number of anilines is 1. The molecule has 0 aliphatic carbocycles. The maximum atomic E-state index is 13.6. The summed E-state index contributed by atoms with van der Waals surface area (Å²) >= 11 is 6.06. The Morgan fingerprint density at radius 2 is 1.63 bits per heavy atom. The number of nitrogens with zero attached hydrogens (tertiary/aromatic N) is 1. The molecule has 0 fully saturated rings. The highest BCUT2D eigenvalue weighted by atomic mass is 35.5. The lowest BCUT2D eigenvalue weighted by atomic mass is 10.2. The summed E-state index contributed by atoms with van der Waals surface area (Å²) in [5, 5.41) is 3.15. The zero-order valence-electron chi connectivity index (χ0n) is 19.7. The number of hydrogen-bond donors (Lipinski definition) is 1. The third kappa shape index (κ3) is 6.58. The average Bonchev–Trinajstić information content (AvgIpc) is 2.86. The molecule has 0 aromatic heterocycles. The highest BCUT2D eigenvalue weighted by Gasteiger charge is 2.28. The topological polar surface area (TPSA) is 94.2 Å². The van der Waals surface area contributed by atoms with Crippen LogP contribution in [-0.4, -0.2) is 48.2 Å². The zero-order valence-corrected chi connectivity index (χ0v) is 21.2. The summed E-state index contributed by atoms with van der Waals surface area (Å²) in [5.74, 6) is 0.668. The van der Waals surface area contributed by atoms with Crippen LogP contribution in [0.3, 0.4) is 0 Å². The van der Waals surface area contributed by atoms with Gasteiger partial charge in [0.2, 0.25) is 5.91 Å². The van der Waals surface area contributed by atoms with E-state index in [1.165, 1.54) is 32.4 Å². The number of benzene rings is 3. The molecule has 0 aliphatic heterocycles. The number of nitrogens with one attached hydrogen (secondary N) is 1. The first-order valence-electron chi connectivity index (χ1n) is 10.7. The number of carbonyl (C=O) groups is 1. The molecule has 0 spiro atoms. The molecule has 0 unspecified atom stereocenters. The minimum atomic E-state index is -4.11. The van der Waals surface area contributed by atoms with Gasteiger partial charge in [0.05, 0.1) is 36.4 Å². The molecule has 0 atom stereocenters. The van der Waals surface area contributed by atoms with Crippen LogP contribution in [0.2, 0.25) is 5.02 Å². The molecule has 0 heterocycles. The van der Waals surface area contributed by atoms with Crippen molar-refractivity contribution in [1.82, 2.24) is 5.32 Å². The minimum absolute atomic E-state index is 0.0365. The van der Waals surface area contributed by atoms with E-state index in [2.05, 4.69) is 5.32 Å². The van der Waals surface area contributed by atoms with Gasteiger partial charge in [-0.25, -0.2) is 8.42 Å². The summed E-state index contributed by atoms with van der Waals surface area (Å²) in [6, 6.07) is 18.1. The van der Waals surface area contributed by atoms with Gasteiger partial charge in [-0.3, -0.25) is 9.10 Å². The summed E-state index contributed by atoms with van der Waals surface area (Å²) in [6.07, 6.45) is 0. The Bertz CT molecular complexity index is 1270. The number of methoxy groups -OCH3 is 2. The van der Waals surface area contributed by atoms with E-state index in [-0.39, 0.29) is 23.8 Å². The van der Waals surface area contributed by atoms with Gasteiger partial charge in [0, 0.05) is 6.07 Å². The number of ether oxygens (including phenoxy) is 3. The molecule has 3 aromatic carbocycles. The van der Waals surface area contributed by atoms with Crippen LogP contribution in [0.25, 0.3) is 0 Å². The molecule has 35 heavy (non-hydrogen) atoms. The quantitative estimate of drug-likeness (QED) is 0.385. The Morgan fingerprint density at radius 1 is 0.943 bits per heavy atom. The summed E-state index contributed by atoms with van der Waals surface area (Å²) in [7, 11) is -1.23. The van der Waals surface area contributed by atoms with Gasteiger partial charge in [-0.15, -0.1) is 0 Å². The second-order valence-corrected chi connectivity index (χ2v) is 9.76. The monoisotopic (exact) mass is 518 g/mol. The number of sulfonamides is 1. The van der Waals surface area contributed by atoms with Gasteiger partial charge in [0.15, 0.2) is 11.5 Å².